The van der Waals surface area contributed by atoms with Crippen LogP contribution in [0.5, 0.6) is 0 Å². The lowest BCUT2D eigenvalue weighted by atomic mass is 10.0. The molecule has 8 rings (SSSR count). The van der Waals surface area contributed by atoms with E-state index in [1.54, 1.807) is 11.3 Å². The number of hydrogen-bond donors (Lipinski definition) is 0. The Kier molecular flexibility index (Phi) is 6.02. The third-order valence-electron chi connectivity index (χ3n) is 7.88. The minimum atomic E-state index is 0.904. The molecule has 0 fully saturated rings. The molecule has 0 radical (unpaired) electrons. The third kappa shape index (κ3) is 4.41. The molecular weight excluding hydrogens is 529 g/mol. The van der Waals surface area contributed by atoms with E-state index in [0.29, 0.717) is 0 Å². The molecular formula is C39H26N2S. The number of aromatic nitrogens is 1. The summed E-state index contributed by atoms with van der Waals surface area (Å²) < 4.78 is 1.26. The summed E-state index contributed by atoms with van der Waals surface area (Å²) in [6.07, 6.45) is 0. The van der Waals surface area contributed by atoms with Gasteiger partial charge >= 0.3 is 0 Å². The summed E-state index contributed by atoms with van der Waals surface area (Å²) in [6, 6.07) is 56.2. The van der Waals surface area contributed by atoms with Crippen LogP contribution in [0.25, 0.3) is 53.3 Å². The van der Waals surface area contributed by atoms with Gasteiger partial charge in [-0.15, -0.1) is 11.3 Å². The zero-order valence-electron chi connectivity index (χ0n) is 22.8. The van der Waals surface area contributed by atoms with E-state index < -0.39 is 0 Å². The van der Waals surface area contributed by atoms with Crippen LogP contribution in [-0.4, -0.2) is 4.98 Å². The summed E-state index contributed by atoms with van der Waals surface area (Å²) >= 11 is 1.75. The first-order chi connectivity index (χ1) is 20.8. The Morgan fingerprint density at radius 3 is 1.81 bits per heavy atom. The summed E-state index contributed by atoms with van der Waals surface area (Å²) in [5, 5.41) is 4.87. The molecule has 6 aromatic carbocycles. The van der Waals surface area contributed by atoms with Crippen molar-refractivity contribution in [2.75, 3.05) is 4.90 Å². The Bertz CT molecular complexity index is 2180. The van der Waals surface area contributed by atoms with Crippen LogP contribution in [0.15, 0.2) is 158 Å². The molecule has 0 aliphatic carbocycles. The van der Waals surface area contributed by atoms with Gasteiger partial charge in [-0.1, -0.05) is 109 Å². The highest BCUT2D eigenvalue weighted by atomic mass is 32.1. The Labute approximate surface area is 248 Å². The fourth-order valence-corrected chi connectivity index (χ4v) is 6.82. The standard InChI is InChI=1S/C39H26N2S/c1-3-9-27(10-4-1)29-17-20-33(21-18-29)41(38-24-23-36-35-13-7-8-14-37(35)42-39(36)40-38)34-22-19-31-25-30(15-16-32(31)26-34)28-11-5-2-6-12-28/h1-26H. The number of thiophene rings is 1. The highest BCUT2D eigenvalue weighted by molar-refractivity contribution is 7.25. The van der Waals surface area contributed by atoms with Gasteiger partial charge in [-0.05, 0) is 81.6 Å². The van der Waals surface area contributed by atoms with E-state index in [1.807, 2.05) is 0 Å². The second-order valence-electron chi connectivity index (χ2n) is 10.5. The van der Waals surface area contributed by atoms with E-state index in [-0.39, 0.29) is 0 Å². The average molecular weight is 555 g/mol. The van der Waals surface area contributed by atoms with Gasteiger partial charge in [-0.3, -0.25) is 4.90 Å². The normalized spacial score (nSPS) is 11.3. The molecule has 3 heteroatoms. The summed E-state index contributed by atoms with van der Waals surface area (Å²) in [4.78, 5) is 8.54. The van der Waals surface area contributed by atoms with Crippen molar-refractivity contribution in [3.63, 3.8) is 0 Å². The highest BCUT2D eigenvalue weighted by Gasteiger charge is 2.17. The number of nitrogens with zero attached hydrogens (tertiary/aromatic N) is 2. The molecule has 0 aliphatic rings. The maximum absolute atomic E-state index is 5.22. The topological polar surface area (TPSA) is 16.1 Å². The Morgan fingerprint density at radius 1 is 0.429 bits per heavy atom. The number of rotatable bonds is 5. The molecule has 0 amide bonds. The summed E-state index contributed by atoms with van der Waals surface area (Å²) in [5.41, 5.74) is 7.00. The fraction of sp³-hybridized carbons (Fsp3) is 0. The van der Waals surface area contributed by atoms with Crippen molar-refractivity contribution in [3.8, 4) is 22.3 Å². The third-order valence-corrected chi connectivity index (χ3v) is 8.96. The Morgan fingerprint density at radius 2 is 1.02 bits per heavy atom. The molecule has 0 saturated heterocycles. The number of hydrogen-bond acceptors (Lipinski definition) is 3. The SMILES string of the molecule is c1ccc(-c2ccc(N(c3ccc4cc(-c5ccccc5)ccc4c3)c3ccc4c(n3)sc3ccccc34)cc2)cc1. The molecule has 0 saturated carbocycles. The van der Waals surface area contributed by atoms with Crippen LogP contribution in [0.1, 0.15) is 0 Å². The van der Waals surface area contributed by atoms with Gasteiger partial charge in [0.1, 0.15) is 10.6 Å². The van der Waals surface area contributed by atoms with Gasteiger partial charge in [0.25, 0.3) is 0 Å². The van der Waals surface area contributed by atoms with Crippen LogP contribution in [0.2, 0.25) is 0 Å². The summed E-state index contributed by atoms with van der Waals surface area (Å²) in [5.74, 6) is 0.904. The fourth-order valence-electron chi connectivity index (χ4n) is 5.75. The predicted molar refractivity (Wildman–Crippen MR) is 180 cm³/mol. The predicted octanol–water partition coefficient (Wildman–Crippen LogP) is 11.4. The van der Waals surface area contributed by atoms with Crippen LogP contribution >= 0.6 is 11.3 Å². The molecule has 198 valence electrons. The highest BCUT2D eigenvalue weighted by Crippen LogP contribution is 2.40. The van der Waals surface area contributed by atoms with Gasteiger partial charge in [0.05, 0.1) is 0 Å². The van der Waals surface area contributed by atoms with Crippen LogP contribution in [-0.2, 0) is 0 Å². The van der Waals surface area contributed by atoms with E-state index in [4.69, 9.17) is 4.98 Å². The average Bonchev–Trinajstić information content (AvgIpc) is 3.44. The molecule has 0 aliphatic heterocycles. The Hall–Kier alpha value is -5.25. The van der Waals surface area contributed by atoms with Crippen molar-refractivity contribution in [3.05, 3.63) is 158 Å². The molecule has 0 atom stereocenters. The van der Waals surface area contributed by atoms with E-state index in [0.717, 1.165) is 22.0 Å². The maximum Gasteiger partial charge on any atom is 0.139 e. The molecule has 0 bridgehead atoms. The molecule has 42 heavy (non-hydrogen) atoms. The zero-order chi connectivity index (χ0) is 27.9. The largest absolute Gasteiger partial charge is 0.295 e. The minimum absolute atomic E-state index is 0.904. The number of benzene rings is 6. The van der Waals surface area contributed by atoms with Crippen LogP contribution in [0.4, 0.5) is 17.2 Å². The first-order valence-corrected chi connectivity index (χ1v) is 14.9. The van der Waals surface area contributed by atoms with Crippen molar-refractivity contribution in [1.82, 2.24) is 4.98 Å². The molecule has 0 spiro atoms. The lowest BCUT2D eigenvalue weighted by Gasteiger charge is -2.25. The number of anilines is 3. The monoisotopic (exact) mass is 554 g/mol. The number of fused-ring (bicyclic) bond motifs is 4. The first-order valence-electron chi connectivity index (χ1n) is 14.1. The van der Waals surface area contributed by atoms with E-state index in [9.17, 15) is 0 Å². The molecule has 0 N–H and O–H groups in total. The van der Waals surface area contributed by atoms with Gasteiger partial charge < -0.3 is 0 Å². The van der Waals surface area contributed by atoms with Gasteiger partial charge in [-0.25, -0.2) is 4.98 Å². The summed E-state index contributed by atoms with van der Waals surface area (Å²) in [7, 11) is 0. The molecule has 2 aromatic heterocycles. The van der Waals surface area contributed by atoms with E-state index in [1.165, 1.54) is 48.5 Å². The lowest BCUT2D eigenvalue weighted by molar-refractivity contribution is 1.22. The van der Waals surface area contributed by atoms with Crippen molar-refractivity contribution in [2.24, 2.45) is 0 Å². The zero-order valence-corrected chi connectivity index (χ0v) is 23.6. The van der Waals surface area contributed by atoms with Gasteiger partial charge in [0, 0.05) is 26.8 Å². The second kappa shape index (κ2) is 10.3. The number of pyridine rings is 1. The molecule has 2 nitrogen and oxygen atoms in total. The molecule has 2 heterocycles. The minimum Gasteiger partial charge on any atom is -0.295 e. The maximum atomic E-state index is 5.22. The van der Waals surface area contributed by atoms with Crippen molar-refractivity contribution < 1.29 is 0 Å². The first kappa shape index (κ1) is 24.5. The van der Waals surface area contributed by atoms with E-state index in [2.05, 4.69) is 163 Å². The molecule has 0 unspecified atom stereocenters. The lowest BCUT2D eigenvalue weighted by Crippen LogP contribution is -2.11. The molecule has 8 aromatic rings. The van der Waals surface area contributed by atoms with Gasteiger partial charge in [0.2, 0.25) is 0 Å². The van der Waals surface area contributed by atoms with Gasteiger partial charge in [-0.2, -0.15) is 0 Å². The van der Waals surface area contributed by atoms with Crippen LogP contribution < -0.4 is 4.90 Å². The smallest absolute Gasteiger partial charge is 0.139 e. The second-order valence-corrected chi connectivity index (χ2v) is 11.5. The van der Waals surface area contributed by atoms with Crippen LogP contribution in [0, 0.1) is 0 Å². The van der Waals surface area contributed by atoms with Crippen molar-refractivity contribution in [1.29, 1.82) is 0 Å². The van der Waals surface area contributed by atoms with E-state index >= 15 is 0 Å². The summed E-state index contributed by atoms with van der Waals surface area (Å²) in [6.45, 7) is 0. The van der Waals surface area contributed by atoms with Crippen molar-refractivity contribution >= 4 is 59.6 Å². The van der Waals surface area contributed by atoms with Crippen LogP contribution in [0.3, 0.4) is 0 Å². The van der Waals surface area contributed by atoms with Gasteiger partial charge in [0.15, 0.2) is 0 Å². The Balaban J connectivity index is 1.26. The van der Waals surface area contributed by atoms with Crippen molar-refractivity contribution in [2.45, 2.75) is 0 Å². The quantitative estimate of drug-likeness (QED) is 0.210.